The maximum atomic E-state index is 12.0. The third-order valence-electron chi connectivity index (χ3n) is 2.92. The topological polar surface area (TPSA) is 86.3 Å². The van der Waals surface area contributed by atoms with Crippen LogP contribution in [-0.4, -0.2) is 41.7 Å². The Labute approximate surface area is 128 Å². The van der Waals surface area contributed by atoms with Gasteiger partial charge < -0.3 is 14.2 Å². The quantitative estimate of drug-likeness (QED) is 0.791. The Hall–Kier alpha value is -2.57. The lowest BCUT2D eigenvalue weighted by Crippen LogP contribution is -2.07. The van der Waals surface area contributed by atoms with E-state index in [0.717, 1.165) is 6.42 Å². The second-order valence-corrected chi connectivity index (χ2v) is 4.43. The van der Waals surface area contributed by atoms with Crippen LogP contribution in [0.5, 0.6) is 11.5 Å². The van der Waals surface area contributed by atoms with Gasteiger partial charge in [0.25, 0.3) is 0 Å². The molecular formula is C15H19N3O4. The van der Waals surface area contributed by atoms with E-state index in [1.165, 1.54) is 0 Å². The highest BCUT2D eigenvalue weighted by Crippen LogP contribution is 2.38. The summed E-state index contributed by atoms with van der Waals surface area (Å²) in [7, 11) is 1.56. The average Bonchev–Trinajstić information content (AvgIpc) is 3.02. The highest BCUT2D eigenvalue weighted by Gasteiger charge is 2.23. The zero-order valence-electron chi connectivity index (χ0n) is 12.9. The summed E-state index contributed by atoms with van der Waals surface area (Å²) in [6, 6.07) is 5.39. The molecule has 0 radical (unpaired) electrons. The van der Waals surface area contributed by atoms with Crippen molar-refractivity contribution in [2.75, 3.05) is 20.3 Å². The molecular weight excluding hydrogens is 286 g/mol. The minimum Gasteiger partial charge on any atom is -0.493 e. The molecule has 0 amide bonds. The summed E-state index contributed by atoms with van der Waals surface area (Å²) in [6.45, 7) is 4.54. The van der Waals surface area contributed by atoms with Crippen LogP contribution in [-0.2, 0) is 4.74 Å². The van der Waals surface area contributed by atoms with Crippen LogP contribution >= 0.6 is 0 Å². The highest BCUT2D eigenvalue weighted by molar-refractivity contribution is 5.95. The fraction of sp³-hybridized carbons (Fsp3) is 0.400. The maximum Gasteiger partial charge on any atom is 0.361 e. The van der Waals surface area contributed by atoms with E-state index in [4.69, 9.17) is 14.2 Å². The predicted molar refractivity (Wildman–Crippen MR) is 80.1 cm³/mol. The van der Waals surface area contributed by atoms with Crippen LogP contribution in [0.3, 0.4) is 0 Å². The summed E-state index contributed by atoms with van der Waals surface area (Å²) >= 11 is 0. The zero-order chi connectivity index (χ0) is 15.9. The van der Waals surface area contributed by atoms with Crippen LogP contribution in [0.25, 0.3) is 11.3 Å². The molecule has 0 aliphatic rings. The molecule has 0 aliphatic carbocycles. The molecule has 7 heteroatoms. The van der Waals surface area contributed by atoms with E-state index in [2.05, 4.69) is 15.4 Å². The SMILES string of the molecule is CCCOc1c(OC)cccc1-c1n[nH]nc1C(=O)OCC. The standard InChI is InChI=1S/C15H19N3O4/c1-4-9-22-14-10(7-6-8-11(14)20-3)12-13(17-18-16-12)15(19)21-5-2/h6-8H,4-5,9H2,1-3H3,(H,16,17,18). The van der Waals surface area contributed by atoms with Gasteiger partial charge in [-0.25, -0.2) is 4.79 Å². The number of rotatable bonds is 7. The van der Waals surface area contributed by atoms with E-state index in [0.29, 0.717) is 29.4 Å². The second kappa shape index (κ2) is 7.44. The zero-order valence-corrected chi connectivity index (χ0v) is 12.9. The van der Waals surface area contributed by atoms with Crippen molar-refractivity contribution in [1.29, 1.82) is 0 Å². The van der Waals surface area contributed by atoms with Crippen molar-refractivity contribution in [2.45, 2.75) is 20.3 Å². The third kappa shape index (κ3) is 3.19. The number of esters is 1. The maximum absolute atomic E-state index is 12.0. The Morgan fingerprint density at radius 1 is 1.27 bits per heavy atom. The van der Waals surface area contributed by atoms with E-state index in [1.807, 2.05) is 6.92 Å². The van der Waals surface area contributed by atoms with Crippen molar-refractivity contribution in [2.24, 2.45) is 0 Å². The molecule has 1 heterocycles. The molecule has 1 aromatic carbocycles. The van der Waals surface area contributed by atoms with Gasteiger partial charge in [-0.15, -0.1) is 5.10 Å². The fourth-order valence-corrected chi connectivity index (χ4v) is 1.98. The fourth-order valence-electron chi connectivity index (χ4n) is 1.98. The van der Waals surface area contributed by atoms with Crippen molar-refractivity contribution in [3.8, 4) is 22.8 Å². The smallest absolute Gasteiger partial charge is 0.361 e. The second-order valence-electron chi connectivity index (χ2n) is 4.43. The predicted octanol–water partition coefficient (Wildman–Crippen LogP) is 2.45. The van der Waals surface area contributed by atoms with Gasteiger partial charge >= 0.3 is 5.97 Å². The van der Waals surface area contributed by atoms with Crippen molar-refractivity contribution >= 4 is 5.97 Å². The molecule has 0 spiro atoms. The molecule has 0 aliphatic heterocycles. The normalized spacial score (nSPS) is 10.3. The summed E-state index contributed by atoms with van der Waals surface area (Å²) in [5.74, 6) is 0.575. The number of hydrogen-bond acceptors (Lipinski definition) is 6. The summed E-state index contributed by atoms with van der Waals surface area (Å²) in [4.78, 5) is 12.0. The molecule has 0 saturated carbocycles. The Balaban J connectivity index is 2.48. The van der Waals surface area contributed by atoms with E-state index in [1.54, 1.807) is 32.2 Å². The van der Waals surface area contributed by atoms with E-state index in [-0.39, 0.29) is 12.3 Å². The lowest BCUT2D eigenvalue weighted by atomic mass is 10.1. The first-order chi connectivity index (χ1) is 10.7. The molecule has 0 bridgehead atoms. The number of nitrogens with zero attached hydrogens (tertiary/aromatic N) is 2. The summed E-state index contributed by atoms with van der Waals surface area (Å²) in [5.41, 5.74) is 1.13. The Morgan fingerprint density at radius 2 is 2.09 bits per heavy atom. The minimum absolute atomic E-state index is 0.122. The molecule has 7 nitrogen and oxygen atoms in total. The lowest BCUT2D eigenvalue weighted by Gasteiger charge is -2.13. The molecule has 1 N–H and O–H groups in total. The van der Waals surface area contributed by atoms with Gasteiger partial charge in [-0.05, 0) is 25.5 Å². The molecule has 22 heavy (non-hydrogen) atoms. The van der Waals surface area contributed by atoms with Gasteiger partial charge in [0.1, 0.15) is 5.69 Å². The number of carbonyl (C=O) groups excluding carboxylic acids is 1. The van der Waals surface area contributed by atoms with Crippen molar-refractivity contribution in [3.05, 3.63) is 23.9 Å². The number of aromatic amines is 1. The molecule has 0 fully saturated rings. The van der Waals surface area contributed by atoms with Gasteiger partial charge in [0.15, 0.2) is 17.2 Å². The molecule has 1 aromatic heterocycles. The first kappa shape index (κ1) is 15.8. The number of carbonyl (C=O) groups is 1. The minimum atomic E-state index is -0.532. The Morgan fingerprint density at radius 3 is 2.77 bits per heavy atom. The number of aromatic nitrogens is 3. The average molecular weight is 305 g/mol. The molecule has 0 saturated heterocycles. The van der Waals surface area contributed by atoms with Gasteiger partial charge in [-0.1, -0.05) is 13.0 Å². The lowest BCUT2D eigenvalue weighted by molar-refractivity contribution is 0.0520. The van der Waals surface area contributed by atoms with Crippen LogP contribution in [0.2, 0.25) is 0 Å². The third-order valence-corrected chi connectivity index (χ3v) is 2.92. The number of methoxy groups -OCH3 is 1. The molecule has 118 valence electrons. The number of benzene rings is 1. The van der Waals surface area contributed by atoms with E-state index < -0.39 is 5.97 Å². The van der Waals surface area contributed by atoms with Gasteiger partial charge in [-0.2, -0.15) is 10.3 Å². The van der Waals surface area contributed by atoms with Crippen LogP contribution in [0.15, 0.2) is 18.2 Å². The van der Waals surface area contributed by atoms with Crippen molar-refractivity contribution in [3.63, 3.8) is 0 Å². The summed E-state index contributed by atoms with van der Waals surface area (Å²) < 4.78 is 16.1. The van der Waals surface area contributed by atoms with Crippen LogP contribution in [0.1, 0.15) is 30.8 Å². The summed E-state index contributed by atoms with van der Waals surface area (Å²) in [6.07, 6.45) is 0.848. The number of H-pyrrole nitrogens is 1. The van der Waals surface area contributed by atoms with Crippen molar-refractivity contribution in [1.82, 2.24) is 15.4 Å². The van der Waals surface area contributed by atoms with Gasteiger partial charge in [0, 0.05) is 0 Å². The van der Waals surface area contributed by atoms with Gasteiger partial charge in [0.2, 0.25) is 0 Å². The Kier molecular flexibility index (Phi) is 5.35. The highest BCUT2D eigenvalue weighted by atomic mass is 16.5. The van der Waals surface area contributed by atoms with Gasteiger partial charge in [-0.3, -0.25) is 0 Å². The van der Waals surface area contributed by atoms with E-state index >= 15 is 0 Å². The molecule has 0 atom stereocenters. The van der Waals surface area contributed by atoms with Crippen LogP contribution in [0.4, 0.5) is 0 Å². The van der Waals surface area contributed by atoms with Crippen LogP contribution in [0, 0.1) is 0 Å². The summed E-state index contributed by atoms with van der Waals surface area (Å²) in [5, 5.41) is 10.4. The first-order valence-corrected chi connectivity index (χ1v) is 7.10. The van der Waals surface area contributed by atoms with Gasteiger partial charge in [0.05, 0.1) is 25.9 Å². The number of ether oxygens (including phenoxy) is 3. The number of nitrogens with one attached hydrogen (secondary N) is 1. The molecule has 0 unspecified atom stereocenters. The first-order valence-electron chi connectivity index (χ1n) is 7.10. The molecule has 2 rings (SSSR count). The number of hydrogen-bond donors (Lipinski definition) is 1. The largest absolute Gasteiger partial charge is 0.493 e. The van der Waals surface area contributed by atoms with Crippen LogP contribution < -0.4 is 9.47 Å². The van der Waals surface area contributed by atoms with E-state index in [9.17, 15) is 4.79 Å². The Bertz CT molecular complexity index is 639. The number of para-hydroxylation sites is 1. The van der Waals surface area contributed by atoms with Crippen molar-refractivity contribution < 1.29 is 19.0 Å². The molecule has 2 aromatic rings. The monoisotopic (exact) mass is 305 g/mol.